The van der Waals surface area contributed by atoms with Crippen molar-refractivity contribution in [3.8, 4) is 0 Å². The van der Waals surface area contributed by atoms with Gasteiger partial charge in [-0.05, 0) is 56.3 Å². The van der Waals surface area contributed by atoms with Crippen molar-refractivity contribution in [3.63, 3.8) is 0 Å². The maximum Gasteiger partial charge on any atom is 0.0468 e. The SMILES string of the molecule is CCC(NCCC1=CCCC1)c1ccc(Cl)cc1Cl. The molecule has 0 heterocycles. The quantitative estimate of drug-likeness (QED) is 0.680. The molecule has 1 aliphatic rings. The molecule has 0 aromatic heterocycles. The Morgan fingerprint density at radius 2 is 2.16 bits per heavy atom. The molecular formula is C16H21Cl2N. The fourth-order valence-corrected chi connectivity index (χ4v) is 3.17. The van der Waals surface area contributed by atoms with Gasteiger partial charge in [0.1, 0.15) is 0 Å². The molecule has 0 spiro atoms. The normalized spacial score (nSPS) is 16.5. The summed E-state index contributed by atoms with van der Waals surface area (Å²) in [7, 11) is 0. The molecule has 0 radical (unpaired) electrons. The fourth-order valence-electron chi connectivity index (χ4n) is 2.63. The van der Waals surface area contributed by atoms with Crippen molar-refractivity contribution in [2.75, 3.05) is 6.54 Å². The first-order chi connectivity index (χ1) is 9.20. The zero-order valence-corrected chi connectivity index (χ0v) is 12.9. The molecule has 1 atom stereocenters. The topological polar surface area (TPSA) is 12.0 Å². The Kier molecular flexibility index (Phi) is 5.75. The van der Waals surface area contributed by atoms with Crippen LogP contribution in [0.2, 0.25) is 10.0 Å². The number of halogens is 2. The highest BCUT2D eigenvalue weighted by Crippen LogP contribution is 2.28. The molecule has 0 fully saturated rings. The fraction of sp³-hybridized carbons (Fsp3) is 0.500. The molecule has 0 bridgehead atoms. The Morgan fingerprint density at radius 1 is 1.32 bits per heavy atom. The average Bonchev–Trinajstić information content (AvgIpc) is 2.89. The number of hydrogen-bond acceptors (Lipinski definition) is 1. The highest BCUT2D eigenvalue weighted by atomic mass is 35.5. The van der Waals surface area contributed by atoms with E-state index in [0.29, 0.717) is 11.1 Å². The molecule has 1 unspecified atom stereocenters. The Balaban J connectivity index is 1.91. The molecule has 3 heteroatoms. The predicted molar refractivity (Wildman–Crippen MR) is 84.0 cm³/mol. The van der Waals surface area contributed by atoms with Gasteiger partial charge in [-0.25, -0.2) is 0 Å². The summed E-state index contributed by atoms with van der Waals surface area (Å²) in [5.41, 5.74) is 2.75. The van der Waals surface area contributed by atoms with E-state index < -0.39 is 0 Å². The molecule has 2 rings (SSSR count). The molecule has 19 heavy (non-hydrogen) atoms. The third kappa shape index (κ3) is 4.24. The molecule has 1 aromatic carbocycles. The number of rotatable bonds is 6. The van der Waals surface area contributed by atoms with Crippen LogP contribution in [0.4, 0.5) is 0 Å². The van der Waals surface area contributed by atoms with Crippen LogP contribution in [0.3, 0.4) is 0 Å². The summed E-state index contributed by atoms with van der Waals surface area (Å²) in [4.78, 5) is 0. The molecule has 1 aliphatic carbocycles. The maximum absolute atomic E-state index is 6.27. The van der Waals surface area contributed by atoms with Crippen molar-refractivity contribution in [1.29, 1.82) is 0 Å². The van der Waals surface area contributed by atoms with E-state index in [4.69, 9.17) is 23.2 Å². The molecule has 0 aliphatic heterocycles. The summed E-state index contributed by atoms with van der Waals surface area (Å²) in [6.07, 6.45) is 8.44. The van der Waals surface area contributed by atoms with Crippen LogP contribution in [0.5, 0.6) is 0 Å². The van der Waals surface area contributed by atoms with E-state index in [2.05, 4.69) is 18.3 Å². The summed E-state index contributed by atoms with van der Waals surface area (Å²) in [5.74, 6) is 0. The second-order valence-electron chi connectivity index (χ2n) is 5.09. The van der Waals surface area contributed by atoms with Gasteiger partial charge in [0.15, 0.2) is 0 Å². The van der Waals surface area contributed by atoms with Gasteiger partial charge < -0.3 is 5.32 Å². The molecular weight excluding hydrogens is 277 g/mol. The lowest BCUT2D eigenvalue weighted by Gasteiger charge is -2.19. The summed E-state index contributed by atoms with van der Waals surface area (Å²) in [6, 6.07) is 6.07. The van der Waals surface area contributed by atoms with Crippen LogP contribution in [-0.2, 0) is 0 Å². The van der Waals surface area contributed by atoms with Crippen LogP contribution in [0.15, 0.2) is 29.8 Å². The first-order valence-electron chi connectivity index (χ1n) is 7.07. The van der Waals surface area contributed by atoms with Gasteiger partial charge in [0.2, 0.25) is 0 Å². The van der Waals surface area contributed by atoms with E-state index in [-0.39, 0.29) is 0 Å². The second kappa shape index (κ2) is 7.33. The number of benzene rings is 1. The van der Waals surface area contributed by atoms with Gasteiger partial charge in [-0.1, -0.05) is 47.8 Å². The predicted octanol–water partition coefficient (Wildman–Crippen LogP) is 5.53. The van der Waals surface area contributed by atoms with Crippen molar-refractivity contribution < 1.29 is 0 Å². The summed E-state index contributed by atoms with van der Waals surface area (Å²) in [6.45, 7) is 3.20. The Bertz CT molecular complexity index is 454. The Labute approximate surface area is 126 Å². The molecule has 0 amide bonds. The van der Waals surface area contributed by atoms with Crippen molar-refractivity contribution in [2.24, 2.45) is 0 Å². The number of hydrogen-bond donors (Lipinski definition) is 1. The van der Waals surface area contributed by atoms with Crippen LogP contribution >= 0.6 is 23.2 Å². The highest BCUT2D eigenvalue weighted by Gasteiger charge is 2.13. The van der Waals surface area contributed by atoms with E-state index >= 15 is 0 Å². The Morgan fingerprint density at radius 3 is 2.79 bits per heavy atom. The minimum absolute atomic E-state index is 0.312. The molecule has 1 aromatic rings. The lowest BCUT2D eigenvalue weighted by Crippen LogP contribution is -2.22. The number of nitrogens with one attached hydrogen (secondary N) is 1. The van der Waals surface area contributed by atoms with E-state index in [9.17, 15) is 0 Å². The summed E-state index contributed by atoms with van der Waals surface area (Å²) < 4.78 is 0. The second-order valence-corrected chi connectivity index (χ2v) is 5.93. The standard InChI is InChI=1S/C16H21Cl2N/c1-2-16(14-8-7-13(17)11-15(14)18)19-10-9-12-5-3-4-6-12/h5,7-8,11,16,19H,2-4,6,9-10H2,1H3. The van der Waals surface area contributed by atoms with Crippen LogP contribution < -0.4 is 5.32 Å². The minimum atomic E-state index is 0.312. The van der Waals surface area contributed by atoms with Gasteiger partial charge in [-0.15, -0.1) is 0 Å². The van der Waals surface area contributed by atoms with Crippen LogP contribution in [0, 0.1) is 0 Å². The molecule has 1 nitrogen and oxygen atoms in total. The van der Waals surface area contributed by atoms with Crippen LogP contribution in [-0.4, -0.2) is 6.54 Å². The van der Waals surface area contributed by atoms with Gasteiger partial charge in [0.25, 0.3) is 0 Å². The van der Waals surface area contributed by atoms with E-state index in [1.165, 1.54) is 19.3 Å². The van der Waals surface area contributed by atoms with Crippen molar-refractivity contribution in [2.45, 2.75) is 45.1 Å². The summed E-state index contributed by atoms with van der Waals surface area (Å²) in [5, 5.41) is 5.06. The van der Waals surface area contributed by atoms with E-state index in [0.717, 1.165) is 30.0 Å². The first kappa shape index (κ1) is 14.9. The monoisotopic (exact) mass is 297 g/mol. The smallest absolute Gasteiger partial charge is 0.0468 e. The number of allylic oxidation sites excluding steroid dienone is 1. The van der Waals surface area contributed by atoms with Crippen molar-refractivity contribution >= 4 is 23.2 Å². The minimum Gasteiger partial charge on any atom is -0.310 e. The van der Waals surface area contributed by atoms with Gasteiger partial charge in [0.05, 0.1) is 0 Å². The van der Waals surface area contributed by atoms with Gasteiger partial charge >= 0.3 is 0 Å². The van der Waals surface area contributed by atoms with Crippen molar-refractivity contribution in [3.05, 3.63) is 45.5 Å². The van der Waals surface area contributed by atoms with Gasteiger partial charge in [0, 0.05) is 16.1 Å². The van der Waals surface area contributed by atoms with Gasteiger partial charge in [-0.3, -0.25) is 0 Å². The molecule has 0 saturated heterocycles. The zero-order valence-electron chi connectivity index (χ0n) is 11.4. The van der Waals surface area contributed by atoms with E-state index in [1.54, 1.807) is 5.57 Å². The third-order valence-corrected chi connectivity index (χ3v) is 4.28. The highest BCUT2D eigenvalue weighted by molar-refractivity contribution is 6.35. The van der Waals surface area contributed by atoms with E-state index in [1.807, 2.05) is 18.2 Å². The zero-order chi connectivity index (χ0) is 13.7. The largest absolute Gasteiger partial charge is 0.310 e. The summed E-state index contributed by atoms with van der Waals surface area (Å²) >= 11 is 12.2. The average molecular weight is 298 g/mol. The maximum atomic E-state index is 6.27. The Hall–Kier alpha value is -0.500. The molecule has 104 valence electrons. The van der Waals surface area contributed by atoms with Crippen LogP contribution in [0.25, 0.3) is 0 Å². The third-order valence-electron chi connectivity index (χ3n) is 3.72. The van der Waals surface area contributed by atoms with Crippen LogP contribution in [0.1, 0.15) is 50.6 Å². The molecule has 1 N–H and O–H groups in total. The molecule has 0 saturated carbocycles. The lowest BCUT2D eigenvalue weighted by molar-refractivity contribution is 0.520. The van der Waals surface area contributed by atoms with Crippen molar-refractivity contribution in [1.82, 2.24) is 5.32 Å². The lowest BCUT2D eigenvalue weighted by atomic mass is 10.0. The first-order valence-corrected chi connectivity index (χ1v) is 7.82. The van der Waals surface area contributed by atoms with Gasteiger partial charge in [-0.2, -0.15) is 0 Å².